The molecule has 1 aromatic carbocycles. The van der Waals surface area contributed by atoms with E-state index in [0.29, 0.717) is 6.04 Å². The van der Waals surface area contributed by atoms with Crippen LogP contribution in [0.5, 0.6) is 0 Å². The molecule has 2 unspecified atom stereocenters. The number of hydrogen-bond donors (Lipinski definition) is 1. The van der Waals surface area contributed by atoms with Gasteiger partial charge < -0.3 is 5.32 Å². The third-order valence-corrected chi connectivity index (χ3v) is 4.16. The lowest BCUT2D eigenvalue weighted by Crippen LogP contribution is -2.44. The predicted octanol–water partition coefficient (Wildman–Crippen LogP) is 4.38. The molecule has 0 aliphatic carbocycles. The van der Waals surface area contributed by atoms with Gasteiger partial charge in [0, 0.05) is 11.5 Å². The van der Waals surface area contributed by atoms with Crippen LogP contribution in [0.1, 0.15) is 52.5 Å². The summed E-state index contributed by atoms with van der Waals surface area (Å²) in [6.07, 6.45) is 3.85. The summed E-state index contributed by atoms with van der Waals surface area (Å²) in [5.41, 5.74) is 1.60. The molecule has 0 saturated heterocycles. The SMILES string of the molecule is CCCC(C)CC(NC)C(C)(C)c1ccccc1. The average molecular weight is 247 g/mol. The fraction of sp³-hybridized carbons (Fsp3) is 0.647. The zero-order chi connectivity index (χ0) is 13.6. The van der Waals surface area contributed by atoms with E-state index in [4.69, 9.17) is 0 Å². The Kier molecular flexibility index (Phi) is 5.87. The van der Waals surface area contributed by atoms with Crippen LogP contribution in [-0.4, -0.2) is 13.1 Å². The largest absolute Gasteiger partial charge is 0.316 e. The molecular formula is C17H29N. The van der Waals surface area contributed by atoms with Gasteiger partial charge in [-0.25, -0.2) is 0 Å². The normalized spacial score (nSPS) is 15.4. The maximum absolute atomic E-state index is 3.53. The molecule has 1 nitrogen and oxygen atoms in total. The molecule has 0 bridgehead atoms. The van der Waals surface area contributed by atoms with Crippen LogP contribution in [0.15, 0.2) is 30.3 Å². The lowest BCUT2D eigenvalue weighted by atomic mass is 9.74. The van der Waals surface area contributed by atoms with Gasteiger partial charge in [-0.1, -0.05) is 70.9 Å². The highest BCUT2D eigenvalue weighted by atomic mass is 14.9. The van der Waals surface area contributed by atoms with Crippen LogP contribution in [0, 0.1) is 5.92 Å². The molecule has 1 rings (SSSR count). The van der Waals surface area contributed by atoms with Gasteiger partial charge in [-0.15, -0.1) is 0 Å². The fourth-order valence-corrected chi connectivity index (χ4v) is 2.86. The van der Waals surface area contributed by atoms with Gasteiger partial charge in [0.25, 0.3) is 0 Å². The van der Waals surface area contributed by atoms with Crippen molar-refractivity contribution in [2.75, 3.05) is 7.05 Å². The molecule has 1 heteroatoms. The van der Waals surface area contributed by atoms with Gasteiger partial charge in [0.15, 0.2) is 0 Å². The average Bonchev–Trinajstić information content (AvgIpc) is 2.37. The highest BCUT2D eigenvalue weighted by molar-refractivity contribution is 5.25. The first-order valence-corrected chi connectivity index (χ1v) is 7.25. The summed E-state index contributed by atoms with van der Waals surface area (Å²) in [5, 5.41) is 3.53. The lowest BCUT2D eigenvalue weighted by Gasteiger charge is -2.36. The van der Waals surface area contributed by atoms with Crippen molar-refractivity contribution in [3.63, 3.8) is 0 Å². The van der Waals surface area contributed by atoms with Crippen molar-refractivity contribution in [1.29, 1.82) is 0 Å². The van der Waals surface area contributed by atoms with Crippen molar-refractivity contribution in [3.05, 3.63) is 35.9 Å². The van der Waals surface area contributed by atoms with Crippen molar-refractivity contribution < 1.29 is 0 Å². The summed E-state index contributed by atoms with van der Waals surface area (Å²) in [6.45, 7) is 9.34. The molecule has 0 spiro atoms. The molecule has 0 radical (unpaired) electrons. The van der Waals surface area contributed by atoms with E-state index in [1.54, 1.807) is 0 Å². The minimum Gasteiger partial charge on any atom is -0.316 e. The van der Waals surface area contributed by atoms with Gasteiger partial charge in [0.1, 0.15) is 0 Å². The van der Waals surface area contributed by atoms with E-state index in [-0.39, 0.29) is 5.41 Å². The van der Waals surface area contributed by atoms with Crippen LogP contribution in [0.25, 0.3) is 0 Å². The Balaban J connectivity index is 2.80. The van der Waals surface area contributed by atoms with E-state index >= 15 is 0 Å². The first-order valence-electron chi connectivity index (χ1n) is 7.25. The van der Waals surface area contributed by atoms with Crippen LogP contribution in [0.3, 0.4) is 0 Å². The molecule has 0 fully saturated rings. The second-order valence-electron chi connectivity index (χ2n) is 6.06. The molecule has 0 amide bonds. The van der Waals surface area contributed by atoms with Gasteiger partial charge in [-0.2, -0.15) is 0 Å². The topological polar surface area (TPSA) is 12.0 Å². The van der Waals surface area contributed by atoms with E-state index in [1.165, 1.54) is 24.8 Å². The molecule has 102 valence electrons. The molecule has 0 aromatic heterocycles. The summed E-state index contributed by atoms with van der Waals surface area (Å²) >= 11 is 0. The molecule has 0 heterocycles. The molecule has 1 aromatic rings. The van der Waals surface area contributed by atoms with Crippen LogP contribution in [-0.2, 0) is 5.41 Å². The summed E-state index contributed by atoms with van der Waals surface area (Å²) in [4.78, 5) is 0. The van der Waals surface area contributed by atoms with Crippen molar-refractivity contribution in [2.24, 2.45) is 5.92 Å². The minimum atomic E-state index is 0.179. The van der Waals surface area contributed by atoms with Crippen LogP contribution in [0.4, 0.5) is 0 Å². The number of benzene rings is 1. The van der Waals surface area contributed by atoms with E-state index in [1.807, 2.05) is 0 Å². The fourth-order valence-electron chi connectivity index (χ4n) is 2.86. The van der Waals surface area contributed by atoms with E-state index in [2.05, 4.69) is 70.4 Å². The predicted molar refractivity (Wildman–Crippen MR) is 81.0 cm³/mol. The molecular weight excluding hydrogens is 218 g/mol. The van der Waals surface area contributed by atoms with Gasteiger partial charge in [-0.05, 0) is 24.9 Å². The third kappa shape index (κ3) is 3.84. The van der Waals surface area contributed by atoms with Crippen LogP contribution in [0.2, 0.25) is 0 Å². The Bertz CT molecular complexity index is 329. The Morgan fingerprint density at radius 1 is 1.17 bits per heavy atom. The number of rotatable bonds is 7. The third-order valence-electron chi connectivity index (χ3n) is 4.16. The van der Waals surface area contributed by atoms with Crippen LogP contribution >= 0.6 is 0 Å². The monoisotopic (exact) mass is 247 g/mol. The molecule has 0 aliphatic heterocycles. The zero-order valence-electron chi connectivity index (χ0n) is 12.7. The maximum Gasteiger partial charge on any atom is 0.0158 e. The van der Waals surface area contributed by atoms with E-state index < -0.39 is 0 Å². The summed E-state index contributed by atoms with van der Waals surface area (Å²) in [7, 11) is 2.09. The summed E-state index contributed by atoms with van der Waals surface area (Å²) in [6, 6.07) is 11.4. The van der Waals surface area contributed by atoms with E-state index in [0.717, 1.165) is 5.92 Å². The first kappa shape index (κ1) is 15.2. The second-order valence-corrected chi connectivity index (χ2v) is 6.06. The van der Waals surface area contributed by atoms with Gasteiger partial charge in [0.05, 0.1) is 0 Å². The van der Waals surface area contributed by atoms with Crippen molar-refractivity contribution >= 4 is 0 Å². The van der Waals surface area contributed by atoms with Gasteiger partial charge in [0.2, 0.25) is 0 Å². The lowest BCUT2D eigenvalue weighted by molar-refractivity contribution is 0.293. The standard InChI is InChI=1S/C17H29N/c1-6-10-14(2)13-16(18-5)17(3,4)15-11-8-7-9-12-15/h7-9,11-12,14,16,18H,6,10,13H2,1-5H3. The number of likely N-dealkylation sites (N-methyl/N-ethyl adjacent to an activating group) is 1. The molecule has 2 atom stereocenters. The molecule has 0 saturated carbocycles. The van der Waals surface area contributed by atoms with Gasteiger partial charge >= 0.3 is 0 Å². The Morgan fingerprint density at radius 3 is 2.28 bits per heavy atom. The van der Waals surface area contributed by atoms with Gasteiger partial charge in [-0.3, -0.25) is 0 Å². The second kappa shape index (κ2) is 6.94. The number of nitrogens with one attached hydrogen (secondary N) is 1. The van der Waals surface area contributed by atoms with Crippen molar-refractivity contribution in [1.82, 2.24) is 5.32 Å². The highest BCUT2D eigenvalue weighted by Gasteiger charge is 2.30. The first-order chi connectivity index (χ1) is 8.52. The van der Waals surface area contributed by atoms with Crippen LogP contribution < -0.4 is 5.32 Å². The Hall–Kier alpha value is -0.820. The molecule has 0 aliphatic rings. The van der Waals surface area contributed by atoms with Crippen molar-refractivity contribution in [2.45, 2.75) is 58.4 Å². The molecule has 1 N–H and O–H groups in total. The number of hydrogen-bond acceptors (Lipinski definition) is 1. The Morgan fingerprint density at radius 2 is 1.78 bits per heavy atom. The Labute approximate surface area is 113 Å². The van der Waals surface area contributed by atoms with E-state index in [9.17, 15) is 0 Å². The quantitative estimate of drug-likeness (QED) is 0.754. The zero-order valence-corrected chi connectivity index (χ0v) is 12.7. The minimum absolute atomic E-state index is 0.179. The maximum atomic E-state index is 3.53. The molecule has 18 heavy (non-hydrogen) atoms. The summed E-state index contributed by atoms with van der Waals surface area (Å²) in [5.74, 6) is 0.787. The smallest absolute Gasteiger partial charge is 0.0158 e. The summed E-state index contributed by atoms with van der Waals surface area (Å²) < 4.78 is 0. The highest BCUT2D eigenvalue weighted by Crippen LogP contribution is 2.31. The van der Waals surface area contributed by atoms with Crippen molar-refractivity contribution in [3.8, 4) is 0 Å².